The summed E-state index contributed by atoms with van der Waals surface area (Å²) in [5, 5.41) is 8.27. The second kappa shape index (κ2) is 11.0. The first-order chi connectivity index (χ1) is 15.4. The van der Waals surface area contributed by atoms with Gasteiger partial charge in [-0.15, -0.1) is 0 Å². The molecule has 0 bridgehead atoms. The number of aromatic nitrogens is 2. The van der Waals surface area contributed by atoms with Gasteiger partial charge in [0.25, 0.3) is 5.91 Å². The summed E-state index contributed by atoms with van der Waals surface area (Å²) < 4.78 is 13.1. The molecule has 6 nitrogen and oxygen atoms in total. The van der Waals surface area contributed by atoms with Crippen LogP contribution in [0.15, 0.2) is 42.5 Å². The lowest BCUT2D eigenvalue weighted by Crippen LogP contribution is -2.26. The summed E-state index contributed by atoms with van der Waals surface area (Å²) in [5.41, 5.74) is 4.16. The molecule has 1 heterocycles. The van der Waals surface area contributed by atoms with Crippen molar-refractivity contribution in [3.05, 3.63) is 75.6 Å². The standard InChI is InChI=1S/C25H30ClN3O3/c1-5-31-22-12-11-19(15-23(22)32-6-2)13-14-27-25(30)24-17(3)28-29(18(24)4)16-20-9-7-8-10-21(20)26/h7-12,15H,5-6,13-14,16H2,1-4H3,(H,27,30). The summed E-state index contributed by atoms with van der Waals surface area (Å²) in [6.07, 6.45) is 0.685. The van der Waals surface area contributed by atoms with Crippen molar-refractivity contribution in [2.24, 2.45) is 0 Å². The minimum atomic E-state index is -0.124. The Morgan fingerprint density at radius 1 is 1.06 bits per heavy atom. The maximum Gasteiger partial charge on any atom is 0.255 e. The van der Waals surface area contributed by atoms with Gasteiger partial charge in [0.15, 0.2) is 11.5 Å². The number of hydrogen-bond donors (Lipinski definition) is 1. The average Bonchev–Trinajstić information content (AvgIpc) is 3.04. The summed E-state index contributed by atoms with van der Waals surface area (Å²) in [6.45, 7) is 9.83. The van der Waals surface area contributed by atoms with Gasteiger partial charge in [0, 0.05) is 17.3 Å². The van der Waals surface area contributed by atoms with Crippen LogP contribution < -0.4 is 14.8 Å². The highest BCUT2D eigenvalue weighted by Gasteiger charge is 2.19. The van der Waals surface area contributed by atoms with E-state index in [0.29, 0.717) is 49.0 Å². The van der Waals surface area contributed by atoms with E-state index in [1.807, 2.05) is 74.8 Å². The number of hydrogen-bond acceptors (Lipinski definition) is 4. The first-order valence-electron chi connectivity index (χ1n) is 10.9. The van der Waals surface area contributed by atoms with Crippen molar-refractivity contribution in [3.8, 4) is 11.5 Å². The number of nitrogens with zero attached hydrogens (tertiary/aromatic N) is 2. The number of carbonyl (C=O) groups is 1. The molecular formula is C25H30ClN3O3. The average molecular weight is 456 g/mol. The number of carbonyl (C=O) groups excluding carboxylic acids is 1. The second-order valence-corrected chi connectivity index (χ2v) is 7.86. The zero-order valence-electron chi connectivity index (χ0n) is 19.1. The molecule has 0 aliphatic heterocycles. The Labute approximate surface area is 194 Å². The molecule has 32 heavy (non-hydrogen) atoms. The SMILES string of the molecule is CCOc1ccc(CCNC(=O)c2c(C)nn(Cc3ccccc3Cl)c2C)cc1OCC. The van der Waals surface area contributed by atoms with Gasteiger partial charge in [0.2, 0.25) is 0 Å². The maximum atomic E-state index is 12.9. The summed E-state index contributed by atoms with van der Waals surface area (Å²) in [4.78, 5) is 12.9. The summed E-state index contributed by atoms with van der Waals surface area (Å²) in [7, 11) is 0. The van der Waals surface area contributed by atoms with Gasteiger partial charge in [-0.3, -0.25) is 9.48 Å². The van der Waals surface area contributed by atoms with Crippen molar-refractivity contribution >= 4 is 17.5 Å². The number of aryl methyl sites for hydroxylation is 1. The maximum absolute atomic E-state index is 12.9. The van der Waals surface area contributed by atoms with Crippen LogP contribution in [0.4, 0.5) is 0 Å². The minimum absolute atomic E-state index is 0.124. The Balaban J connectivity index is 1.65. The molecule has 3 aromatic rings. The van der Waals surface area contributed by atoms with Gasteiger partial charge in [-0.25, -0.2) is 0 Å². The summed E-state index contributed by atoms with van der Waals surface area (Å²) in [5.74, 6) is 1.34. The molecule has 1 aromatic heterocycles. The number of nitrogens with one attached hydrogen (secondary N) is 1. The molecule has 0 unspecified atom stereocenters. The van der Waals surface area contributed by atoms with Crippen LogP contribution in [0.5, 0.6) is 11.5 Å². The molecule has 0 spiro atoms. The van der Waals surface area contributed by atoms with E-state index in [2.05, 4.69) is 10.4 Å². The Morgan fingerprint density at radius 2 is 1.78 bits per heavy atom. The summed E-state index contributed by atoms with van der Waals surface area (Å²) >= 11 is 6.28. The van der Waals surface area contributed by atoms with Crippen LogP contribution in [0.1, 0.15) is 46.7 Å². The van der Waals surface area contributed by atoms with Crippen LogP contribution >= 0.6 is 11.6 Å². The van der Waals surface area contributed by atoms with Crippen molar-refractivity contribution in [1.82, 2.24) is 15.1 Å². The van der Waals surface area contributed by atoms with E-state index in [0.717, 1.165) is 28.3 Å². The van der Waals surface area contributed by atoms with Gasteiger partial charge >= 0.3 is 0 Å². The lowest BCUT2D eigenvalue weighted by Gasteiger charge is -2.13. The highest BCUT2D eigenvalue weighted by molar-refractivity contribution is 6.31. The molecular weight excluding hydrogens is 426 g/mol. The molecule has 7 heteroatoms. The number of benzene rings is 2. The molecule has 0 fully saturated rings. The lowest BCUT2D eigenvalue weighted by molar-refractivity contribution is 0.0953. The van der Waals surface area contributed by atoms with E-state index < -0.39 is 0 Å². The number of rotatable bonds is 10. The van der Waals surface area contributed by atoms with Gasteiger partial charge in [0.05, 0.1) is 31.0 Å². The van der Waals surface area contributed by atoms with Gasteiger partial charge in [-0.1, -0.05) is 35.9 Å². The van der Waals surface area contributed by atoms with E-state index in [-0.39, 0.29) is 5.91 Å². The predicted octanol–water partition coefficient (Wildman–Crippen LogP) is 4.97. The monoisotopic (exact) mass is 455 g/mol. The van der Waals surface area contributed by atoms with Gasteiger partial charge in [-0.2, -0.15) is 5.10 Å². The summed E-state index contributed by atoms with van der Waals surface area (Å²) in [6, 6.07) is 13.5. The predicted molar refractivity (Wildman–Crippen MR) is 127 cm³/mol. The van der Waals surface area contributed by atoms with Crippen molar-refractivity contribution in [2.45, 2.75) is 40.7 Å². The molecule has 0 radical (unpaired) electrons. The van der Waals surface area contributed by atoms with Crippen LogP contribution in [0.25, 0.3) is 0 Å². The number of amides is 1. The Bertz CT molecular complexity index is 1080. The van der Waals surface area contributed by atoms with E-state index in [9.17, 15) is 4.79 Å². The Hall–Kier alpha value is -2.99. The van der Waals surface area contributed by atoms with E-state index in [1.165, 1.54) is 0 Å². The van der Waals surface area contributed by atoms with E-state index in [1.54, 1.807) is 0 Å². The quantitative estimate of drug-likeness (QED) is 0.468. The van der Waals surface area contributed by atoms with Crippen molar-refractivity contribution in [2.75, 3.05) is 19.8 Å². The van der Waals surface area contributed by atoms with E-state index in [4.69, 9.17) is 21.1 Å². The lowest BCUT2D eigenvalue weighted by atomic mass is 10.1. The van der Waals surface area contributed by atoms with Gasteiger partial charge < -0.3 is 14.8 Å². The van der Waals surface area contributed by atoms with Crippen LogP contribution in [0.2, 0.25) is 5.02 Å². The molecule has 0 atom stereocenters. The van der Waals surface area contributed by atoms with Crippen molar-refractivity contribution in [3.63, 3.8) is 0 Å². The fourth-order valence-electron chi connectivity index (χ4n) is 3.63. The largest absolute Gasteiger partial charge is 0.490 e. The topological polar surface area (TPSA) is 65.4 Å². The van der Waals surface area contributed by atoms with Gasteiger partial charge in [0.1, 0.15) is 0 Å². The Morgan fingerprint density at radius 3 is 2.50 bits per heavy atom. The molecule has 170 valence electrons. The molecule has 0 saturated carbocycles. The third kappa shape index (κ3) is 5.62. The van der Waals surface area contributed by atoms with Crippen LogP contribution in [0.3, 0.4) is 0 Å². The third-order valence-corrected chi connectivity index (χ3v) is 5.56. The highest BCUT2D eigenvalue weighted by atomic mass is 35.5. The third-order valence-electron chi connectivity index (χ3n) is 5.19. The van der Waals surface area contributed by atoms with Crippen molar-refractivity contribution < 1.29 is 14.3 Å². The molecule has 3 rings (SSSR count). The normalized spacial score (nSPS) is 10.8. The van der Waals surface area contributed by atoms with Crippen LogP contribution in [-0.4, -0.2) is 35.4 Å². The van der Waals surface area contributed by atoms with E-state index >= 15 is 0 Å². The van der Waals surface area contributed by atoms with Crippen molar-refractivity contribution in [1.29, 1.82) is 0 Å². The highest BCUT2D eigenvalue weighted by Crippen LogP contribution is 2.28. The molecule has 1 N–H and O–H groups in total. The first-order valence-corrected chi connectivity index (χ1v) is 11.3. The molecule has 2 aromatic carbocycles. The second-order valence-electron chi connectivity index (χ2n) is 7.45. The molecule has 1 amide bonds. The number of ether oxygens (including phenoxy) is 2. The zero-order chi connectivity index (χ0) is 23.1. The van der Waals surface area contributed by atoms with Gasteiger partial charge in [-0.05, 0) is 63.4 Å². The molecule has 0 saturated heterocycles. The number of halogens is 1. The molecule has 0 aliphatic rings. The zero-order valence-corrected chi connectivity index (χ0v) is 19.8. The van der Waals surface area contributed by atoms with Crippen LogP contribution in [0, 0.1) is 13.8 Å². The minimum Gasteiger partial charge on any atom is -0.490 e. The Kier molecular flexibility index (Phi) is 8.17. The smallest absolute Gasteiger partial charge is 0.255 e. The first kappa shape index (κ1) is 23.7. The fourth-order valence-corrected chi connectivity index (χ4v) is 3.82. The fraction of sp³-hybridized carbons (Fsp3) is 0.360. The van der Waals surface area contributed by atoms with Crippen LogP contribution in [-0.2, 0) is 13.0 Å². The molecule has 0 aliphatic carbocycles.